The first-order chi connectivity index (χ1) is 14.5. The zero-order valence-corrected chi connectivity index (χ0v) is 17.0. The molecule has 150 valence electrons. The molecule has 1 aromatic heterocycles. The molecule has 0 bridgehead atoms. The van der Waals surface area contributed by atoms with Gasteiger partial charge >= 0.3 is 5.97 Å². The van der Waals surface area contributed by atoms with Crippen LogP contribution in [-0.4, -0.2) is 22.8 Å². The summed E-state index contributed by atoms with van der Waals surface area (Å²) in [7, 11) is 0. The number of carbonyl (C=O) groups excluding carboxylic acids is 2. The van der Waals surface area contributed by atoms with Crippen molar-refractivity contribution in [1.29, 1.82) is 0 Å². The predicted molar refractivity (Wildman–Crippen MR) is 119 cm³/mol. The Hall–Kier alpha value is -3.66. The van der Waals surface area contributed by atoms with Gasteiger partial charge in [-0.1, -0.05) is 72.8 Å². The summed E-state index contributed by atoms with van der Waals surface area (Å²) < 4.78 is 5.46. The average molecular weight is 397 g/mol. The van der Waals surface area contributed by atoms with Gasteiger partial charge in [-0.15, -0.1) is 0 Å². The second kappa shape index (κ2) is 8.37. The SMILES string of the molecule is Cc1[nH]c2ccccc2c1C(=O)[C@H](C)OC(=O)Cc1ccc(-c2ccccc2)cc1. The summed E-state index contributed by atoms with van der Waals surface area (Å²) in [5.41, 5.74) is 5.32. The van der Waals surface area contributed by atoms with Crippen LogP contribution in [0.1, 0.15) is 28.5 Å². The lowest BCUT2D eigenvalue weighted by molar-refractivity contribution is -0.145. The smallest absolute Gasteiger partial charge is 0.310 e. The number of nitrogens with one attached hydrogen (secondary N) is 1. The Kier molecular flexibility index (Phi) is 5.48. The number of hydrogen-bond donors (Lipinski definition) is 1. The maximum atomic E-state index is 12.9. The van der Waals surface area contributed by atoms with Crippen molar-refractivity contribution in [2.45, 2.75) is 26.4 Å². The van der Waals surface area contributed by atoms with Crippen LogP contribution in [0.3, 0.4) is 0 Å². The number of H-pyrrole nitrogens is 1. The zero-order chi connectivity index (χ0) is 21.1. The summed E-state index contributed by atoms with van der Waals surface area (Å²) in [6.07, 6.45) is -0.724. The number of ether oxygens (including phenoxy) is 1. The largest absolute Gasteiger partial charge is 0.454 e. The molecule has 0 unspecified atom stereocenters. The first kappa shape index (κ1) is 19.6. The fourth-order valence-corrected chi connectivity index (χ4v) is 3.70. The van der Waals surface area contributed by atoms with Gasteiger partial charge in [-0.05, 0) is 36.6 Å². The Balaban J connectivity index is 1.42. The lowest BCUT2D eigenvalue weighted by Gasteiger charge is -2.13. The van der Waals surface area contributed by atoms with Crippen molar-refractivity contribution in [2.75, 3.05) is 0 Å². The molecule has 0 aliphatic heterocycles. The van der Waals surface area contributed by atoms with Crippen LogP contribution < -0.4 is 0 Å². The van der Waals surface area contributed by atoms with E-state index in [0.29, 0.717) is 5.56 Å². The number of esters is 1. The third kappa shape index (κ3) is 4.03. The van der Waals surface area contributed by atoms with Crippen molar-refractivity contribution in [1.82, 2.24) is 4.98 Å². The minimum Gasteiger partial charge on any atom is -0.454 e. The Morgan fingerprint density at radius 2 is 1.50 bits per heavy atom. The van der Waals surface area contributed by atoms with Gasteiger partial charge in [-0.25, -0.2) is 0 Å². The van der Waals surface area contributed by atoms with Crippen molar-refractivity contribution in [3.63, 3.8) is 0 Å². The fraction of sp³-hybridized carbons (Fsp3) is 0.154. The number of ketones is 1. The fourth-order valence-electron chi connectivity index (χ4n) is 3.70. The minimum absolute atomic E-state index is 0.125. The Morgan fingerprint density at radius 3 is 2.23 bits per heavy atom. The molecule has 0 spiro atoms. The Bertz CT molecular complexity index is 1190. The molecule has 4 heteroatoms. The van der Waals surface area contributed by atoms with Crippen LogP contribution in [0.2, 0.25) is 0 Å². The van der Waals surface area contributed by atoms with Crippen molar-refractivity contribution < 1.29 is 14.3 Å². The predicted octanol–water partition coefficient (Wildman–Crippen LogP) is 5.50. The number of fused-ring (bicyclic) bond motifs is 1. The van der Waals surface area contributed by atoms with Gasteiger partial charge in [0.05, 0.1) is 6.42 Å². The van der Waals surface area contributed by atoms with Gasteiger partial charge in [0.15, 0.2) is 6.10 Å². The van der Waals surface area contributed by atoms with E-state index in [0.717, 1.165) is 33.3 Å². The highest BCUT2D eigenvalue weighted by molar-refractivity contribution is 6.11. The topological polar surface area (TPSA) is 59.2 Å². The van der Waals surface area contributed by atoms with E-state index in [-0.39, 0.29) is 12.2 Å². The van der Waals surface area contributed by atoms with E-state index in [1.807, 2.05) is 85.8 Å². The molecule has 1 N–H and O–H groups in total. The highest BCUT2D eigenvalue weighted by Gasteiger charge is 2.24. The van der Waals surface area contributed by atoms with Gasteiger partial charge in [0, 0.05) is 22.2 Å². The van der Waals surface area contributed by atoms with Gasteiger partial charge in [-0.2, -0.15) is 0 Å². The summed E-state index contributed by atoms with van der Waals surface area (Å²) in [5.74, 6) is -0.612. The second-order valence-corrected chi connectivity index (χ2v) is 7.41. The molecule has 4 nitrogen and oxygen atoms in total. The zero-order valence-electron chi connectivity index (χ0n) is 17.0. The number of aromatic nitrogens is 1. The lowest BCUT2D eigenvalue weighted by atomic mass is 10.0. The minimum atomic E-state index is -0.848. The molecule has 30 heavy (non-hydrogen) atoms. The van der Waals surface area contributed by atoms with E-state index < -0.39 is 12.1 Å². The molecule has 3 aromatic carbocycles. The summed E-state index contributed by atoms with van der Waals surface area (Å²) in [6, 6.07) is 25.5. The number of hydrogen-bond acceptors (Lipinski definition) is 3. The monoisotopic (exact) mass is 397 g/mol. The first-order valence-electron chi connectivity index (χ1n) is 9.98. The average Bonchev–Trinajstić information content (AvgIpc) is 3.10. The second-order valence-electron chi connectivity index (χ2n) is 7.41. The highest BCUT2D eigenvalue weighted by Crippen LogP contribution is 2.24. The Labute approximate surface area is 175 Å². The van der Waals surface area contributed by atoms with E-state index in [2.05, 4.69) is 4.98 Å². The number of Topliss-reactive ketones (excluding diaryl/α,β-unsaturated/α-hetero) is 1. The van der Waals surface area contributed by atoms with Gasteiger partial charge in [0.2, 0.25) is 5.78 Å². The molecule has 1 heterocycles. The normalized spacial score (nSPS) is 11.9. The van der Waals surface area contributed by atoms with Gasteiger partial charge in [0.1, 0.15) is 0 Å². The molecule has 0 aliphatic carbocycles. The molecule has 4 aromatic rings. The van der Waals surface area contributed by atoms with Crippen LogP contribution in [0.5, 0.6) is 0 Å². The number of rotatable bonds is 6. The van der Waals surface area contributed by atoms with Gasteiger partial charge < -0.3 is 9.72 Å². The molecule has 4 rings (SSSR count). The maximum absolute atomic E-state index is 12.9. The van der Waals surface area contributed by atoms with Gasteiger partial charge in [0.25, 0.3) is 0 Å². The van der Waals surface area contributed by atoms with E-state index >= 15 is 0 Å². The van der Waals surface area contributed by atoms with E-state index in [1.54, 1.807) is 6.92 Å². The van der Waals surface area contributed by atoms with Crippen LogP contribution in [0.4, 0.5) is 0 Å². The van der Waals surface area contributed by atoms with Crippen LogP contribution in [0.25, 0.3) is 22.0 Å². The third-order valence-corrected chi connectivity index (χ3v) is 5.23. The number of aromatic amines is 1. The first-order valence-corrected chi connectivity index (χ1v) is 9.98. The number of aryl methyl sites for hydroxylation is 1. The van der Waals surface area contributed by atoms with Crippen LogP contribution in [-0.2, 0) is 16.0 Å². The molecular formula is C26H23NO3. The molecule has 0 saturated heterocycles. The molecule has 0 aliphatic rings. The van der Waals surface area contributed by atoms with Crippen LogP contribution in [0.15, 0.2) is 78.9 Å². The molecule has 0 fully saturated rings. The quantitative estimate of drug-likeness (QED) is 0.345. The summed E-state index contributed by atoms with van der Waals surface area (Å²) >= 11 is 0. The maximum Gasteiger partial charge on any atom is 0.310 e. The summed E-state index contributed by atoms with van der Waals surface area (Å²) in [4.78, 5) is 28.6. The summed E-state index contributed by atoms with van der Waals surface area (Å²) in [5, 5.41) is 0.847. The number of benzene rings is 3. The van der Waals surface area contributed by atoms with E-state index in [4.69, 9.17) is 4.74 Å². The van der Waals surface area contributed by atoms with Gasteiger partial charge in [-0.3, -0.25) is 9.59 Å². The van der Waals surface area contributed by atoms with Crippen molar-refractivity contribution in [3.05, 3.63) is 95.7 Å². The third-order valence-electron chi connectivity index (χ3n) is 5.23. The van der Waals surface area contributed by atoms with Crippen molar-refractivity contribution in [3.8, 4) is 11.1 Å². The molecule has 0 radical (unpaired) electrons. The molecule has 1 atom stereocenters. The molecule has 0 amide bonds. The number of carbonyl (C=O) groups is 2. The van der Waals surface area contributed by atoms with E-state index in [9.17, 15) is 9.59 Å². The summed E-state index contributed by atoms with van der Waals surface area (Å²) in [6.45, 7) is 3.48. The van der Waals surface area contributed by atoms with Crippen molar-refractivity contribution in [2.24, 2.45) is 0 Å². The Morgan fingerprint density at radius 1 is 0.867 bits per heavy atom. The molecular weight excluding hydrogens is 374 g/mol. The standard InChI is InChI=1S/C26H23NO3/c1-17-25(22-10-6-7-11-23(22)27-17)26(29)18(2)30-24(28)16-19-12-14-21(15-13-19)20-8-4-3-5-9-20/h3-15,18,27H,16H2,1-2H3/t18-/m0/s1. The highest BCUT2D eigenvalue weighted by atomic mass is 16.5. The lowest BCUT2D eigenvalue weighted by Crippen LogP contribution is -2.25. The van der Waals surface area contributed by atoms with E-state index in [1.165, 1.54) is 0 Å². The van der Waals surface area contributed by atoms with Crippen LogP contribution >= 0.6 is 0 Å². The molecule has 0 saturated carbocycles. The van der Waals surface area contributed by atoms with Crippen molar-refractivity contribution >= 4 is 22.7 Å². The van der Waals surface area contributed by atoms with Crippen LogP contribution in [0, 0.1) is 6.92 Å². The number of para-hydroxylation sites is 1.